The van der Waals surface area contributed by atoms with Gasteiger partial charge in [-0.2, -0.15) is 13.2 Å². The number of imide groups is 1. The highest BCUT2D eigenvalue weighted by Crippen LogP contribution is 2.41. The molecule has 7 heteroatoms. The summed E-state index contributed by atoms with van der Waals surface area (Å²) in [5.41, 5.74) is -0.738. The lowest BCUT2D eigenvalue weighted by atomic mass is 9.77. The Kier molecular flexibility index (Phi) is 4.08. The van der Waals surface area contributed by atoms with Crippen molar-refractivity contribution in [1.82, 2.24) is 10.2 Å². The molecule has 0 saturated carbocycles. The number of hydrogen-bond donors (Lipinski definition) is 1. The van der Waals surface area contributed by atoms with E-state index in [1.54, 1.807) is 6.92 Å². The molecule has 2 rings (SSSR count). The lowest BCUT2D eigenvalue weighted by molar-refractivity contribution is -0.164. The molecule has 120 valence electrons. The van der Waals surface area contributed by atoms with Crippen molar-refractivity contribution >= 4 is 11.8 Å². The second-order valence-corrected chi connectivity index (χ2v) is 6.55. The Labute approximate surface area is 122 Å². The van der Waals surface area contributed by atoms with Gasteiger partial charge in [-0.3, -0.25) is 14.5 Å². The monoisotopic (exact) mass is 306 g/mol. The molecule has 4 nitrogen and oxygen atoms in total. The minimum absolute atomic E-state index is 0.00975. The summed E-state index contributed by atoms with van der Waals surface area (Å²) in [6, 6.07) is -2.01. The highest BCUT2D eigenvalue weighted by Gasteiger charge is 2.53. The quantitative estimate of drug-likeness (QED) is 0.795. The zero-order valence-electron chi connectivity index (χ0n) is 12.5. The Balaban J connectivity index is 2.08. The summed E-state index contributed by atoms with van der Waals surface area (Å²) in [6.07, 6.45) is -4.05. The molecule has 21 heavy (non-hydrogen) atoms. The third-order valence-corrected chi connectivity index (χ3v) is 4.92. The van der Waals surface area contributed by atoms with Gasteiger partial charge in [0.1, 0.15) is 6.04 Å². The molecule has 0 aromatic heterocycles. The first-order valence-electron chi connectivity index (χ1n) is 7.24. The first-order chi connectivity index (χ1) is 9.57. The van der Waals surface area contributed by atoms with Crippen LogP contribution in [0.5, 0.6) is 0 Å². The van der Waals surface area contributed by atoms with Gasteiger partial charge in [-0.05, 0) is 25.7 Å². The number of carbonyl (C=O) groups excluding carboxylic acids is 2. The molecule has 2 heterocycles. The summed E-state index contributed by atoms with van der Waals surface area (Å²) in [7, 11) is 0. The highest BCUT2D eigenvalue weighted by molar-refractivity contribution is 6.06. The molecule has 0 aromatic rings. The third-order valence-electron chi connectivity index (χ3n) is 4.92. The second-order valence-electron chi connectivity index (χ2n) is 6.55. The van der Waals surface area contributed by atoms with Gasteiger partial charge in [0.05, 0.1) is 11.5 Å². The van der Waals surface area contributed by atoms with Gasteiger partial charge < -0.3 is 5.32 Å². The van der Waals surface area contributed by atoms with Crippen molar-refractivity contribution < 1.29 is 22.8 Å². The van der Waals surface area contributed by atoms with Crippen molar-refractivity contribution in [3.63, 3.8) is 0 Å². The Bertz CT molecular complexity index is 442. The fourth-order valence-electron chi connectivity index (χ4n) is 3.03. The second kappa shape index (κ2) is 5.26. The van der Waals surface area contributed by atoms with Crippen LogP contribution in [0.2, 0.25) is 0 Å². The van der Waals surface area contributed by atoms with Crippen molar-refractivity contribution in [2.45, 2.75) is 58.3 Å². The number of rotatable bonds is 2. The maximum atomic E-state index is 12.6. The van der Waals surface area contributed by atoms with E-state index in [0.29, 0.717) is 0 Å². The molecule has 2 amide bonds. The standard InChI is InChI=1S/C14H21F3N2O2/c1-8(2)13(3)6-11(20)19(12(13)21)9-4-5-10(18-7-9)14(15,16)17/h8-10,18H,4-7H2,1-3H3. The topological polar surface area (TPSA) is 49.4 Å². The van der Waals surface area contributed by atoms with Gasteiger partial charge >= 0.3 is 6.18 Å². The van der Waals surface area contributed by atoms with Gasteiger partial charge in [0.2, 0.25) is 11.8 Å². The van der Waals surface area contributed by atoms with E-state index in [-0.39, 0.29) is 43.5 Å². The summed E-state index contributed by atoms with van der Waals surface area (Å²) in [4.78, 5) is 25.8. The fraction of sp³-hybridized carbons (Fsp3) is 0.857. The Morgan fingerprint density at radius 1 is 1.29 bits per heavy atom. The number of carbonyl (C=O) groups is 2. The summed E-state index contributed by atoms with van der Waals surface area (Å²) < 4.78 is 37.9. The number of nitrogens with one attached hydrogen (secondary N) is 1. The van der Waals surface area contributed by atoms with E-state index in [1.165, 1.54) is 4.90 Å². The first-order valence-corrected chi connectivity index (χ1v) is 7.24. The minimum Gasteiger partial charge on any atom is -0.304 e. The predicted octanol–water partition coefficient (Wildman–Crippen LogP) is 2.09. The highest BCUT2D eigenvalue weighted by atomic mass is 19.4. The molecule has 2 saturated heterocycles. The largest absolute Gasteiger partial charge is 0.403 e. The van der Waals surface area contributed by atoms with Gasteiger partial charge in [0.15, 0.2) is 0 Å². The van der Waals surface area contributed by atoms with Crippen LogP contribution in [-0.2, 0) is 9.59 Å². The van der Waals surface area contributed by atoms with Crippen molar-refractivity contribution in [3.8, 4) is 0 Å². The van der Waals surface area contributed by atoms with Gasteiger partial charge in [-0.25, -0.2) is 0 Å². The van der Waals surface area contributed by atoms with E-state index in [4.69, 9.17) is 0 Å². The van der Waals surface area contributed by atoms with Gasteiger partial charge in [0.25, 0.3) is 0 Å². The molecule has 3 unspecified atom stereocenters. The average molecular weight is 306 g/mol. The van der Waals surface area contributed by atoms with E-state index < -0.39 is 23.7 Å². The Morgan fingerprint density at radius 3 is 2.29 bits per heavy atom. The molecule has 2 aliphatic heterocycles. The van der Waals surface area contributed by atoms with Crippen molar-refractivity contribution in [2.24, 2.45) is 11.3 Å². The van der Waals surface area contributed by atoms with Crippen molar-refractivity contribution in [2.75, 3.05) is 6.54 Å². The van der Waals surface area contributed by atoms with Crippen molar-refractivity contribution in [1.29, 1.82) is 0 Å². The fourth-order valence-corrected chi connectivity index (χ4v) is 3.03. The van der Waals surface area contributed by atoms with E-state index >= 15 is 0 Å². The van der Waals surface area contributed by atoms with E-state index in [1.807, 2.05) is 13.8 Å². The Morgan fingerprint density at radius 2 is 1.90 bits per heavy atom. The first kappa shape index (κ1) is 16.3. The van der Waals surface area contributed by atoms with Gasteiger partial charge in [-0.15, -0.1) is 0 Å². The molecular weight excluding hydrogens is 285 g/mol. The number of amides is 2. The number of halogens is 3. The smallest absolute Gasteiger partial charge is 0.304 e. The minimum atomic E-state index is -4.28. The number of alkyl halides is 3. The SMILES string of the molecule is CC(C)C1(C)CC(=O)N(C2CCC(C(F)(F)F)NC2)C1=O. The van der Waals surface area contributed by atoms with E-state index in [2.05, 4.69) is 5.32 Å². The number of piperidine rings is 1. The average Bonchev–Trinajstić information content (AvgIpc) is 2.60. The number of likely N-dealkylation sites (tertiary alicyclic amines) is 1. The van der Waals surface area contributed by atoms with Crippen LogP contribution in [0.3, 0.4) is 0 Å². The predicted molar refractivity (Wildman–Crippen MR) is 70.3 cm³/mol. The molecular formula is C14H21F3N2O2. The van der Waals surface area contributed by atoms with Crippen LogP contribution in [0, 0.1) is 11.3 Å². The molecule has 0 spiro atoms. The molecule has 0 bridgehead atoms. The summed E-state index contributed by atoms with van der Waals surface area (Å²) >= 11 is 0. The Hall–Kier alpha value is -1.11. The molecule has 2 aliphatic rings. The van der Waals surface area contributed by atoms with Crippen LogP contribution in [-0.4, -0.2) is 41.5 Å². The normalized spacial score (nSPS) is 34.9. The summed E-state index contributed by atoms with van der Waals surface area (Å²) in [6.45, 7) is 5.53. The summed E-state index contributed by atoms with van der Waals surface area (Å²) in [5.74, 6) is -0.508. The molecule has 0 radical (unpaired) electrons. The lowest BCUT2D eigenvalue weighted by Crippen LogP contribution is -2.56. The lowest BCUT2D eigenvalue weighted by Gasteiger charge is -2.36. The molecule has 0 aromatic carbocycles. The van der Waals surface area contributed by atoms with Gasteiger partial charge in [-0.1, -0.05) is 13.8 Å². The van der Waals surface area contributed by atoms with Crippen LogP contribution in [0.1, 0.15) is 40.0 Å². The molecule has 1 N–H and O–H groups in total. The molecule has 3 atom stereocenters. The third kappa shape index (κ3) is 2.80. The van der Waals surface area contributed by atoms with Crippen LogP contribution in [0.25, 0.3) is 0 Å². The van der Waals surface area contributed by atoms with Gasteiger partial charge in [0, 0.05) is 13.0 Å². The summed E-state index contributed by atoms with van der Waals surface area (Å²) in [5, 5.41) is 2.41. The zero-order valence-corrected chi connectivity index (χ0v) is 12.5. The van der Waals surface area contributed by atoms with Crippen LogP contribution < -0.4 is 5.32 Å². The molecule has 0 aliphatic carbocycles. The number of nitrogens with zero attached hydrogens (tertiary/aromatic N) is 1. The maximum absolute atomic E-state index is 12.6. The van der Waals surface area contributed by atoms with Crippen LogP contribution in [0.4, 0.5) is 13.2 Å². The van der Waals surface area contributed by atoms with Crippen LogP contribution in [0.15, 0.2) is 0 Å². The zero-order chi connectivity index (χ0) is 16.0. The van der Waals surface area contributed by atoms with Crippen LogP contribution >= 0.6 is 0 Å². The molecule has 2 fully saturated rings. The van der Waals surface area contributed by atoms with E-state index in [0.717, 1.165) is 0 Å². The van der Waals surface area contributed by atoms with E-state index in [9.17, 15) is 22.8 Å². The maximum Gasteiger partial charge on any atom is 0.403 e. The number of hydrogen-bond acceptors (Lipinski definition) is 3. The van der Waals surface area contributed by atoms with Crippen molar-refractivity contribution in [3.05, 3.63) is 0 Å².